The minimum absolute atomic E-state index is 0.413. The summed E-state index contributed by atoms with van der Waals surface area (Å²) in [7, 11) is -2.26. The molecule has 3 heteroatoms. The molecule has 0 saturated heterocycles. The van der Waals surface area contributed by atoms with Crippen LogP contribution in [0.15, 0.2) is 60.7 Å². The van der Waals surface area contributed by atoms with Crippen molar-refractivity contribution in [1.82, 2.24) is 0 Å². The summed E-state index contributed by atoms with van der Waals surface area (Å²) in [6, 6.07) is 21.2. The van der Waals surface area contributed by atoms with Gasteiger partial charge in [-0.3, -0.25) is 4.79 Å². The molecule has 0 aliphatic heterocycles. The summed E-state index contributed by atoms with van der Waals surface area (Å²) >= 11 is 0. The van der Waals surface area contributed by atoms with Gasteiger partial charge >= 0.3 is 0 Å². The molecule has 0 spiro atoms. The van der Waals surface area contributed by atoms with Crippen LogP contribution in [-0.4, -0.2) is 13.6 Å². The van der Waals surface area contributed by atoms with Gasteiger partial charge in [-0.1, -0.05) is 80.3 Å². The molecule has 0 atom stereocenters. The first-order valence-electron chi connectivity index (χ1n) is 6.90. The lowest BCUT2D eigenvalue weighted by molar-refractivity contribution is -0.109. The van der Waals surface area contributed by atoms with Crippen LogP contribution < -0.4 is 10.6 Å². The van der Waals surface area contributed by atoms with E-state index in [-0.39, 0.29) is 0 Å². The molecule has 0 amide bonds. The highest BCUT2D eigenvalue weighted by molar-refractivity contribution is 7.88. The smallest absolute Gasteiger partial charge is 0.160 e. The Hall–Kier alpha value is -1.24. The summed E-state index contributed by atoms with van der Waals surface area (Å²) < 4.78 is 0. The second-order valence-electron chi connectivity index (χ2n) is 6.14. The van der Waals surface area contributed by atoms with E-state index in [2.05, 4.69) is 43.9 Å². The molecule has 0 fully saturated rings. The van der Waals surface area contributed by atoms with Crippen molar-refractivity contribution in [2.24, 2.45) is 0 Å². The van der Waals surface area contributed by atoms with Crippen LogP contribution in [0.25, 0.3) is 0 Å². The number of rotatable bonds is 5. The Morgan fingerprint density at radius 3 is 1.60 bits per heavy atom. The summed E-state index contributed by atoms with van der Waals surface area (Å²) in [4.78, 5) is 12.8. The fourth-order valence-electron chi connectivity index (χ4n) is 2.12. The fraction of sp³-hybridized carbons (Fsp3) is 0.235. The van der Waals surface area contributed by atoms with Crippen LogP contribution in [0.3, 0.4) is 0 Å². The third-order valence-electron chi connectivity index (χ3n) is 2.96. The largest absolute Gasteiger partial charge is 0.294 e. The summed E-state index contributed by atoms with van der Waals surface area (Å²) in [5.74, 6) is 0. The Morgan fingerprint density at radius 2 is 1.25 bits per heavy atom. The quantitative estimate of drug-likeness (QED) is 0.603. The van der Waals surface area contributed by atoms with E-state index in [9.17, 15) is 4.79 Å². The molecule has 0 aliphatic rings. The zero-order valence-electron chi connectivity index (χ0n) is 12.3. The standard InChI is InChI=1S/C17H21OPSi/c1-20(2,3)14-17(18)19(15-10-6-4-7-11-15)16-12-8-5-9-13-16/h4-13H,14H2,1-3H3. The summed E-state index contributed by atoms with van der Waals surface area (Å²) in [6.45, 7) is 6.78. The molecule has 0 aliphatic carbocycles. The number of carbonyl (C=O) groups excluding carboxylic acids is 1. The van der Waals surface area contributed by atoms with Gasteiger partial charge in [0.2, 0.25) is 0 Å². The molecule has 1 nitrogen and oxygen atoms in total. The zero-order valence-corrected chi connectivity index (χ0v) is 14.2. The van der Waals surface area contributed by atoms with E-state index >= 15 is 0 Å². The number of hydrogen-bond acceptors (Lipinski definition) is 1. The van der Waals surface area contributed by atoms with E-state index < -0.39 is 16.0 Å². The minimum atomic E-state index is -1.38. The molecule has 2 aromatic rings. The van der Waals surface area contributed by atoms with Gasteiger partial charge in [-0.15, -0.1) is 0 Å². The molecule has 0 saturated carbocycles. The van der Waals surface area contributed by atoms with Crippen LogP contribution in [0.4, 0.5) is 0 Å². The van der Waals surface area contributed by atoms with Crippen LogP contribution >= 0.6 is 7.92 Å². The van der Waals surface area contributed by atoms with E-state index in [0.29, 0.717) is 5.52 Å². The topological polar surface area (TPSA) is 17.1 Å². The maximum absolute atomic E-state index is 12.8. The lowest BCUT2D eigenvalue weighted by Crippen LogP contribution is -2.27. The Morgan fingerprint density at radius 1 is 0.850 bits per heavy atom. The molecule has 0 heterocycles. The Labute approximate surface area is 123 Å². The molecular weight excluding hydrogens is 279 g/mol. The number of benzene rings is 2. The maximum atomic E-state index is 12.8. The molecule has 0 N–H and O–H groups in total. The molecule has 20 heavy (non-hydrogen) atoms. The van der Waals surface area contributed by atoms with Crippen molar-refractivity contribution >= 4 is 32.1 Å². The van der Waals surface area contributed by atoms with Gasteiger partial charge in [-0.05, 0) is 10.6 Å². The van der Waals surface area contributed by atoms with Crippen LogP contribution in [0.2, 0.25) is 25.7 Å². The van der Waals surface area contributed by atoms with Gasteiger partial charge in [0.15, 0.2) is 5.52 Å². The van der Waals surface area contributed by atoms with Crippen molar-refractivity contribution in [3.05, 3.63) is 60.7 Å². The molecule has 0 radical (unpaired) electrons. The van der Waals surface area contributed by atoms with Crippen molar-refractivity contribution in [1.29, 1.82) is 0 Å². The zero-order chi connectivity index (χ0) is 14.6. The molecule has 0 aromatic heterocycles. The van der Waals surface area contributed by atoms with Crippen molar-refractivity contribution in [2.75, 3.05) is 0 Å². The Balaban J connectivity index is 2.38. The predicted molar refractivity (Wildman–Crippen MR) is 92.2 cm³/mol. The SMILES string of the molecule is C[Si](C)(C)CC(=O)P(c1ccccc1)c1ccccc1. The lowest BCUT2D eigenvalue weighted by atomic mass is 10.4. The van der Waals surface area contributed by atoms with Gasteiger partial charge in [0.1, 0.15) is 0 Å². The first kappa shape index (κ1) is 15.2. The Kier molecular flexibility index (Phi) is 4.90. The third-order valence-corrected chi connectivity index (χ3v) is 6.93. The molecule has 2 rings (SSSR count). The lowest BCUT2D eigenvalue weighted by Gasteiger charge is -2.21. The first-order valence-corrected chi connectivity index (χ1v) is 12.0. The van der Waals surface area contributed by atoms with E-state index in [1.54, 1.807) is 0 Å². The van der Waals surface area contributed by atoms with Crippen LogP contribution in [0.1, 0.15) is 0 Å². The fourth-order valence-corrected chi connectivity index (χ4v) is 6.90. The summed E-state index contributed by atoms with van der Waals surface area (Å²) in [6.07, 6.45) is 0. The van der Waals surface area contributed by atoms with E-state index in [4.69, 9.17) is 0 Å². The normalized spacial score (nSPS) is 11.6. The average Bonchev–Trinajstić information content (AvgIpc) is 2.39. The summed E-state index contributed by atoms with van der Waals surface area (Å²) in [5.41, 5.74) is 0.413. The van der Waals surface area contributed by atoms with Crippen LogP contribution in [0, 0.1) is 0 Å². The molecule has 104 valence electrons. The second kappa shape index (κ2) is 6.47. The van der Waals surface area contributed by atoms with Crippen molar-refractivity contribution in [2.45, 2.75) is 25.7 Å². The van der Waals surface area contributed by atoms with Gasteiger partial charge in [0.25, 0.3) is 0 Å². The predicted octanol–water partition coefficient (Wildman–Crippen LogP) is 3.98. The highest BCUT2D eigenvalue weighted by Crippen LogP contribution is 2.37. The van der Waals surface area contributed by atoms with Crippen molar-refractivity contribution in [3.63, 3.8) is 0 Å². The van der Waals surface area contributed by atoms with E-state index in [1.165, 1.54) is 0 Å². The van der Waals surface area contributed by atoms with Crippen LogP contribution in [0.5, 0.6) is 0 Å². The molecule has 2 aromatic carbocycles. The van der Waals surface area contributed by atoms with E-state index in [1.807, 2.05) is 36.4 Å². The monoisotopic (exact) mass is 300 g/mol. The minimum Gasteiger partial charge on any atom is -0.294 e. The van der Waals surface area contributed by atoms with Crippen molar-refractivity contribution in [3.8, 4) is 0 Å². The number of carbonyl (C=O) groups is 1. The van der Waals surface area contributed by atoms with Crippen molar-refractivity contribution < 1.29 is 4.79 Å². The maximum Gasteiger partial charge on any atom is 0.160 e. The van der Waals surface area contributed by atoms with Gasteiger partial charge in [-0.2, -0.15) is 0 Å². The molecule has 0 bridgehead atoms. The summed E-state index contributed by atoms with van der Waals surface area (Å²) in [5, 5.41) is 2.33. The number of hydrogen-bond donors (Lipinski definition) is 0. The first-order chi connectivity index (χ1) is 9.47. The second-order valence-corrected chi connectivity index (χ2v) is 13.8. The Bertz CT molecular complexity index is 521. The molecule has 0 unspecified atom stereocenters. The van der Waals surface area contributed by atoms with Crippen LogP contribution in [-0.2, 0) is 4.79 Å². The third kappa shape index (κ3) is 4.13. The van der Waals surface area contributed by atoms with Gasteiger partial charge in [0, 0.05) is 14.0 Å². The average molecular weight is 300 g/mol. The van der Waals surface area contributed by atoms with Gasteiger partial charge < -0.3 is 0 Å². The highest BCUT2D eigenvalue weighted by Gasteiger charge is 2.27. The van der Waals surface area contributed by atoms with E-state index in [0.717, 1.165) is 16.7 Å². The highest BCUT2D eigenvalue weighted by atomic mass is 31.1. The molecular formula is C17H21OPSi. The van der Waals surface area contributed by atoms with Gasteiger partial charge in [0.05, 0.1) is 8.07 Å². The van der Waals surface area contributed by atoms with Gasteiger partial charge in [-0.25, -0.2) is 0 Å².